The van der Waals surface area contributed by atoms with Crippen molar-refractivity contribution in [1.29, 1.82) is 0 Å². The largest absolute Gasteiger partial charge is 0.497 e. The van der Waals surface area contributed by atoms with Crippen molar-refractivity contribution in [3.63, 3.8) is 0 Å². The Balaban J connectivity index is 1.60. The van der Waals surface area contributed by atoms with E-state index in [4.69, 9.17) is 18.9 Å². The smallest absolute Gasteiger partial charge is 0.244 e. The van der Waals surface area contributed by atoms with Crippen LogP contribution in [0.2, 0.25) is 0 Å². The zero-order chi connectivity index (χ0) is 19.2. The molecule has 2 aromatic carbocycles. The molecule has 2 aromatic rings. The number of amides is 1. The molecule has 1 N–H and O–H groups in total. The fraction of sp³-hybridized carbons (Fsp3) is 0.286. The topological polar surface area (TPSA) is 66.0 Å². The van der Waals surface area contributed by atoms with E-state index in [9.17, 15) is 4.79 Å². The predicted molar refractivity (Wildman–Crippen MR) is 103 cm³/mol. The Hall–Kier alpha value is -3.15. The number of fused-ring (bicyclic) bond motifs is 1. The Morgan fingerprint density at radius 2 is 1.96 bits per heavy atom. The van der Waals surface area contributed by atoms with Crippen LogP contribution in [0.15, 0.2) is 48.5 Å². The molecule has 6 nitrogen and oxygen atoms in total. The molecule has 6 heteroatoms. The van der Waals surface area contributed by atoms with Crippen LogP contribution >= 0.6 is 0 Å². The van der Waals surface area contributed by atoms with Crippen molar-refractivity contribution in [2.24, 2.45) is 0 Å². The van der Waals surface area contributed by atoms with Crippen LogP contribution in [0.1, 0.15) is 12.5 Å². The first-order valence-electron chi connectivity index (χ1n) is 8.67. The number of benzene rings is 2. The van der Waals surface area contributed by atoms with E-state index in [2.05, 4.69) is 5.32 Å². The number of methoxy groups -OCH3 is 2. The Morgan fingerprint density at radius 1 is 1.19 bits per heavy atom. The van der Waals surface area contributed by atoms with Gasteiger partial charge in [0.2, 0.25) is 5.91 Å². The van der Waals surface area contributed by atoms with Gasteiger partial charge >= 0.3 is 0 Å². The van der Waals surface area contributed by atoms with Gasteiger partial charge in [-0.2, -0.15) is 0 Å². The molecule has 0 spiro atoms. The van der Waals surface area contributed by atoms with E-state index in [1.807, 2.05) is 43.3 Å². The Labute approximate surface area is 158 Å². The molecule has 1 unspecified atom stereocenters. The average molecular weight is 369 g/mol. The van der Waals surface area contributed by atoms with E-state index in [0.29, 0.717) is 30.4 Å². The minimum atomic E-state index is -0.229. The molecular formula is C21H23NO5. The number of allylic oxidation sites excluding steroid dienone is 1. The van der Waals surface area contributed by atoms with Crippen molar-refractivity contribution >= 4 is 11.5 Å². The lowest BCUT2D eigenvalue weighted by atomic mass is 10.1. The third-order valence-electron chi connectivity index (χ3n) is 4.25. The highest BCUT2D eigenvalue weighted by Gasteiger charge is 2.20. The molecule has 0 radical (unpaired) electrons. The fourth-order valence-corrected chi connectivity index (χ4v) is 2.83. The van der Waals surface area contributed by atoms with E-state index in [1.165, 1.54) is 0 Å². The number of nitrogens with one attached hydrogen (secondary N) is 1. The normalized spacial score (nSPS) is 15.8. The van der Waals surface area contributed by atoms with E-state index < -0.39 is 0 Å². The zero-order valence-corrected chi connectivity index (χ0v) is 15.7. The van der Waals surface area contributed by atoms with Crippen LogP contribution in [0.5, 0.6) is 23.0 Å². The molecule has 0 aliphatic carbocycles. The number of carbonyl (C=O) groups excluding carboxylic acids is 1. The van der Waals surface area contributed by atoms with Gasteiger partial charge in [-0.05, 0) is 36.8 Å². The van der Waals surface area contributed by atoms with Crippen LogP contribution in [-0.2, 0) is 4.79 Å². The molecule has 27 heavy (non-hydrogen) atoms. The Morgan fingerprint density at radius 3 is 2.70 bits per heavy atom. The number of hydrogen-bond donors (Lipinski definition) is 1. The van der Waals surface area contributed by atoms with E-state index in [-0.39, 0.29) is 12.0 Å². The number of carbonyl (C=O) groups is 1. The highest BCUT2D eigenvalue weighted by atomic mass is 16.6. The van der Waals surface area contributed by atoms with E-state index in [0.717, 1.165) is 16.9 Å². The first kappa shape index (κ1) is 18.6. The number of rotatable bonds is 6. The van der Waals surface area contributed by atoms with Gasteiger partial charge in [0, 0.05) is 17.7 Å². The monoisotopic (exact) mass is 369 g/mol. The van der Waals surface area contributed by atoms with Gasteiger partial charge in [-0.15, -0.1) is 0 Å². The summed E-state index contributed by atoms with van der Waals surface area (Å²) in [6.45, 7) is 2.61. The molecule has 142 valence electrons. The lowest BCUT2D eigenvalue weighted by Gasteiger charge is -2.26. The highest BCUT2D eigenvalue weighted by molar-refractivity contribution is 5.95. The second kappa shape index (κ2) is 8.49. The van der Waals surface area contributed by atoms with Crippen LogP contribution in [0.4, 0.5) is 0 Å². The van der Waals surface area contributed by atoms with Gasteiger partial charge in [0.25, 0.3) is 0 Å². The molecule has 1 amide bonds. The van der Waals surface area contributed by atoms with Gasteiger partial charge < -0.3 is 24.3 Å². The summed E-state index contributed by atoms with van der Waals surface area (Å²) in [7, 11) is 3.18. The van der Waals surface area contributed by atoms with Crippen molar-refractivity contribution in [2.45, 2.75) is 13.0 Å². The number of hydrogen-bond acceptors (Lipinski definition) is 5. The van der Waals surface area contributed by atoms with E-state index in [1.54, 1.807) is 26.4 Å². The zero-order valence-electron chi connectivity index (χ0n) is 15.7. The minimum Gasteiger partial charge on any atom is -0.497 e. The van der Waals surface area contributed by atoms with Gasteiger partial charge in [0.05, 0.1) is 20.8 Å². The van der Waals surface area contributed by atoms with Gasteiger partial charge in [0.15, 0.2) is 11.5 Å². The number of para-hydroxylation sites is 2. The first-order chi connectivity index (χ1) is 13.1. The summed E-state index contributed by atoms with van der Waals surface area (Å²) in [6, 6.07) is 13.0. The minimum absolute atomic E-state index is 0.201. The Bertz CT molecular complexity index is 846. The molecule has 1 heterocycles. The highest BCUT2D eigenvalue weighted by Crippen LogP contribution is 2.31. The predicted octanol–water partition coefficient (Wildman–Crippen LogP) is 3.06. The van der Waals surface area contributed by atoms with Gasteiger partial charge in [-0.3, -0.25) is 4.79 Å². The average Bonchev–Trinajstić information content (AvgIpc) is 2.71. The maximum absolute atomic E-state index is 12.3. The van der Waals surface area contributed by atoms with Crippen molar-refractivity contribution in [2.75, 3.05) is 27.4 Å². The fourth-order valence-electron chi connectivity index (χ4n) is 2.83. The molecule has 1 aliphatic rings. The summed E-state index contributed by atoms with van der Waals surface area (Å²) in [4.78, 5) is 12.3. The van der Waals surface area contributed by atoms with E-state index >= 15 is 0 Å². The maximum Gasteiger partial charge on any atom is 0.244 e. The molecule has 0 saturated carbocycles. The van der Waals surface area contributed by atoms with Crippen molar-refractivity contribution < 1.29 is 23.7 Å². The lowest BCUT2D eigenvalue weighted by molar-refractivity contribution is -0.116. The lowest BCUT2D eigenvalue weighted by Crippen LogP contribution is -2.40. The summed E-state index contributed by atoms with van der Waals surface area (Å²) in [5.74, 6) is 2.56. The second-order valence-corrected chi connectivity index (χ2v) is 6.14. The Kier molecular flexibility index (Phi) is 5.86. The summed E-state index contributed by atoms with van der Waals surface area (Å²) in [6.07, 6.45) is 1.31. The second-order valence-electron chi connectivity index (χ2n) is 6.14. The summed E-state index contributed by atoms with van der Waals surface area (Å²) >= 11 is 0. The first-order valence-corrected chi connectivity index (χ1v) is 8.67. The van der Waals surface area contributed by atoms with Crippen LogP contribution in [0.3, 0.4) is 0 Å². The standard InChI is InChI=1S/C21H23NO5/c1-14(17-9-8-15(24-2)11-20(17)25-3)10-21(23)22-12-16-13-26-18-6-4-5-7-19(18)27-16/h4-11,16H,12-13H2,1-3H3,(H,22,23)/b14-10+. The molecule has 1 aliphatic heterocycles. The summed E-state index contributed by atoms with van der Waals surface area (Å²) < 4.78 is 22.1. The van der Waals surface area contributed by atoms with Crippen LogP contribution in [-0.4, -0.2) is 39.4 Å². The third kappa shape index (κ3) is 4.53. The quantitative estimate of drug-likeness (QED) is 0.793. The van der Waals surface area contributed by atoms with Crippen molar-refractivity contribution in [3.05, 3.63) is 54.1 Å². The molecule has 1 atom stereocenters. The molecule has 0 saturated heterocycles. The third-order valence-corrected chi connectivity index (χ3v) is 4.25. The SMILES string of the molecule is COc1ccc(/C(C)=C/C(=O)NCC2COc3ccccc3O2)c(OC)c1. The molecule has 0 fully saturated rings. The summed E-state index contributed by atoms with van der Waals surface area (Å²) in [5, 5.41) is 2.86. The molecule has 0 bridgehead atoms. The molecule has 0 aromatic heterocycles. The summed E-state index contributed by atoms with van der Waals surface area (Å²) in [5.41, 5.74) is 1.62. The van der Waals surface area contributed by atoms with Gasteiger partial charge in [-0.25, -0.2) is 0 Å². The van der Waals surface area contributed by atoms with Crippen LogP contribution in [0, 0.1) is 0 Å². The molecule has 3 rings (SSSR count). The molecular weight excluding hydrogens is 346 g/mol. The van der Waals surface area contributed by atoms with Gasteiger partial charge in [-0.1, -0.05) is 12.1 Å². The van der Waals surface area contributed by atoms with Gasteiger partial charge in [0.1, 0.15) is 24.2 Å². The maximum atomic E-state index is 12.3. The van der Waals surface area contributed by atoms with Crippen molar-refractivity contribution in [3.8, 4) is 23.0 Å². The van der Waals surface area contributed by atoms with Crippen molar-refractivity contribution in [1.82, 2.24) is 5.32 Å². The number of ether oxygens (including phenoxy) is 4. The van der Waals surface area contributed by atoms with Crippen LogP contribution in [0.25, 0.3) is 5.57 Å². The van der Waals surface area contributed by atoms with Crippen LogP contribution < -0.4 is 24.3 Å².